The molecule has 0 saturated carbocycles. The Morgan fingerprint density at radius 3 is 2.35 bits per heavy atom. The van der Waals surface area contributed by atoms with Gasteiger partial charge in [0.1, 0.15) is 5.75 Å². The quantitative estimate of drug-likeness (QED) is 0.713. The van der Waals surface area contributed by atoms with Gasteiger partial charge in [0, 0.05) is 24.2 Å². The molecule has 3 rings (SSSR count). The molecule has 1 saturated heterocycles. The molecule has 1 aliphatic rings. The molecule has 0 spiro atoms. The first-order chi connectivity index (χ1) is 12.6. The van der Waals surface area contributed by atoms with Crippen LogP contribution < -0.4 is 4.74 Å². The Labute approximate surface area is 156 Å². The minimum Gasteiger partial charge on any atom is -0.497 e. The molecule has 1 aromatic heterocycles. The zero-order chi connectivity index (χ0) is 18.5. The fourth-order valence-corrected chi connectivity index (χ4v) is 3.41. The highest BCUT2D eigenvalue weighted by atomic mass is 16.7. The van der Waals surface area contributed by atoms with Gasteiger partial charge in [-0.25, -0.2) is 4.98 Å². The predicted molar refractivity (Wildman–Crippen MR) is 101 cm³/mol. The third-order valence-corrected chi connectivity index (χ3v) is 5.72. The average molecular weight is 358 g/mol. The van der Waals surface area contributed by atoms with E-state index in [1.807, 2.05) is 29.2 Å². The third-order valence-electron chi connectivity index (χ3n) is 5.72. The molecule has 0 radical (unpaired) electrons. The number of benzene rings is 1. The molecular weight excluding hydrogens is 328 g/mol. The van der Waals surface area contributed by atoms with Gasteiger partial charge in [0.05, 0.1) is 33.2 Å². The first kappa shape index (κ1) is 18.9. The number of imidazole rings is 1. The van der Waals surface area contributed by atoms with Gasteiger partial charge in [-0.05, 0) is 37.0 Å². The van der Waals surface area contributed by atoms with Gasteiger partial charge in [0.25, 0.3) is 0 Å². The second kappa shape index (κ2) is 8.23. The average Bonchev–Trinajstić information content (AvgIpc) is 3.21. The van der Waals surface area contributed by atoms with Crippen LogP contribution in [0.5, 0.6) is 5.75 Å². The number of methoxy groups -OCH3 is 1. The molecule has 5 nitrogen and oxygen atoms in total. The second-order valence-corrected chi connectivity index (χ2v) is 7.28. The largest absolute Gasteiger partial charge is 0.497 e. The molecule has 1 aliphatic heterocycles. The summed E-state index contributed by atoms with van der Waals surface area (Å²) in [4.78, 5) is 4.16. The first-order valence-corrected chi connectivity index (χ1v) is 9.49. The summed E-state index contributed by atoms with van der Waals surface area (Å²) in [5.41, 5.74) is 1.39. The first-order valence-electron chi connectivity index (χ1n) is 9.49. The molecule has 1 fully saturated rings. The molecule has 26 heavy (non-hydrogen) atoms. The van der Waals surface area contributed by atoms with E-state index in [1.165, 1.54) is 5.56 Å². The van der Waals surface area contributed by atoms with E-state index >= 15 is 0 Å². The van der Waals surface area contributed by atoms with Crippen molar-refractivity contribution in [2.75, 3.05) is 20.3 Å². The standard InChI is InChI=1S/C21H30N2O3/c1-4-20(5-2)15-25-21(26-16-20,14-23-13-12-22-17-23)11-10-18-6-8-19(24-3)9-7-18/h6-9,12-13,17H,4-5,10-11,14-16H2,1-3H3. The number of aryl methyl sites for hydroxylation is 1. The molecule has 0 atom stereocenters. The topological polar surface area (TPSA) is 45.5 Å². The summed E-state index contributed by atoms with van der Waals surface area (Å²) in [6.45, 7) is 6.59. The van der Waals surface area contributed by atoms with E-state index < -0.39 is 5.79 Å². The van der Waals surface area contributed by atoms with Crippen LogP contribution in [0.15, 0.2) is 43.0 Å². The monoisotopic (exact) mass is 358 g/mol. The molecule has 2 heterocycles. The van der Waals surface area contributed by atoms with Crippen LogP contribution in [0.4, 0.5) is 0 Å². The van der Waals surface area contributed by atoms with Crippen LogP contribution in [0.25, 0.3) is 0 Å². The molecule has 0 unspecified atom stereocenters. The van der Waals surface area contributed by atoms with Crippen LogP contribution in [0.3, 0.4) is 0 Å². The van der Waals surface area contributed by atoms with Crippen LogP contribution in [0, 0.1) is 5.41 Å². The lowest BCUT2D eigenvalue weighted by atomic mass is 9.83. The summed E-state index contributed by atoms with van der Waals surface area (Å²) in [5.74, 6) is 0.275. The Balaban J connectivity index is 1.71. The molecule has 2 aromatic rings. The van der Waals surface area contributed by atoms with Crippen molar-refractivity contribution in [3.63, 3.8) is 0 Å². The number of aromatic nitrogens is 2. The van der Waals surface area contributed by atoms with Gasteiger partial charge in [-0.1, -0.05) is 26.0 Å². The van der Waals surface area contributed by atoms with Crippen molar-refractivity contribution in [3.05, 3.63) is 48.5 Å². The van der Waals surface area contributed by atoms with E-state index in [-0.39, 0.29) is 5.41 Å². The lowest BCUT2D eigenvalue weighted by Crippen LogP contribution is -2.51. The van der Waals surface area contributed by atoms with Crippen molar-refractivity contribution in [2.24, 2.45) is 5.41 Å². The summed E-state index contributed by atoms with van der Waals surface area (Å²) >= 11 is 0. The van der Waals surface area contributed by atoms with E-state index in [0.29, 0.717) is 6.54 Å². The summed E-state index contributed by atoms with van der Waals surface area (Å²) in [6.07, 6.45) is 9.42. The van der Waals surface area contributed by atoms with Crippen LogP contribution in [-0.2, 0) is 22.4 Å². The Morgan fingerprint density at radius 1 is 1.12 bits per heavy atom. The third kappa shape index (κ3) is 4.27. The van der Waals surface area contributed by atoms with Gasteiger partial charge in [-0.2, -0.15) is 0 Å². The highest BCUT2D eigenvalue weighted by Gasteiger charge is 2.43. The summed E-state index contributed by atoms with van der Waals surface area (Å²) in [6, 6.07) is 8.21. The minimum atomic E-state index is -0.603. The fourth-order valence-electron chi connectivity index (χ4n) is 3.41. The second-order valence-electron chi connectivity index (χ2n) is 7.28. The maximum atomic E-state index is 6.41. The van der Waals surface area contributed by atoms with Crippen molar-refractivity contribution < 1.29 is 14.2 Å². The van der Waals surface area contributed by atoms with Gasteiger partial charge in [0.2, 0.25) is 0 Å². The zero-order valence-electron chi connectivity index (χ0n) is 16.1. The number of hydrogen-bond donors (Lipinski definition) is 0. The molecule has 5 heteroatoms. The maximum absolute atomic E-state index is 6.41. The number of rotatable bonds is 8. The van der Waals surface area contributed by atoms with Crippen molar-refractivity contribution in [2.45, 2.75) is 51.9 Å². The summed E-state index contributed by atoms with van der Waals surface area (Å²) in [7, 11) is 1.69. The molecule has 1 aromatic carbocycles. The van der Waals surface area contributed by atoms with Gasteiger partial charge in [0.15, 0.2) is 5.79 Å². The number of ether oxygens (including phenoxy) is 3. The van der Waals surface area contributed by atoms with Gasteiger partial charge in [-0.3, -0.25) is 0 Å². The maximum Gasteiger partial charge on any atom is 0.186 e. The van der Waals surface area contributed by atoms with Crippen LogP contribution in [0.2, 0.25) is 0 Å². The van der Waals surface area contributed by atoms with Crippen molar-refractivity contribution in [1.82, 2.24) is 9.55 Å². The summed E-state index contributed by atoms with van der Waals surface area (Å²) < 4.78 is 20.1. The molecule has 0 N–H and O–H groups in total. The van der Waals surface area contributed by atoms with E-state index in [4.69, 9.17) is 14.2 Å². The van der Waals surface area contributed by atoms with Crippen LogP contribution >= 0.6 is 0 Å². The Kier molecular flexibility index (Phi) is 5.99. The van der Waals surface area contributed by atoms with Crippen molar-refractivity contribution in [1.29, 1.82) is 0 Å². The minimum absolute atomic E-state index is 0.137. The number of hydrogen-bond acceptors (Lipinski definition) is 4. The fraction of sp³-hybridized carbons (Fsp3) is 0.571. The van der Waals surface area contributed by atoms with Crippen LogP contribution in [-0.4, -0.2) is 35.7 Å². The number of nitrogens with zero attached hydrogens (tertiary/aromatic N) is 2. The lowest BCUT2D eigenvalue weighted by Gasteiger charge is -2.46. The van der Waals surface area contributed by atoms with Crippen LogP contribution in [0.1, 0.15) is 38.7 Å². The van der Waals surface area contributed by atoms with E-state index in [2.05, 4.69) is 31.0 Å². The zero-order valence-corrected chi connectivity index (χ0v) is 16.1. The Bertz CT molecular complexity index is 653. The smallest absolute Gasteiger partial charge is 0.186 e. The molecule has 0 bridgehead atoms. The van der Waals surface area contributed by atoms with E-state index in [9.17, 15) is 0 Å². The van der Waals surface area contributed by atoms with Gasteiger partial charge >= 0.3 is 0 Å². The van der Waals surface area contributed by atoms with E-state index in [0.717, 1.165) is 44.6 Å². The molecule has 142 valence electrons. The normalized spacial score (nSPS) is 18.6. The molecule has 0 aliphatic carbocycles. The Morgan fingerprint density at radius 2 is 1.81 bits per heavy atom. The lowest BCUT2D eigenvalue weighted by molar-refractivity contribution is -0.313. The molecular formula is C21H30N2O3. The highest BCUT2D eigenvalue weighted by molar-refractivity contribution is 5.27. The van der Waals surface area contributed by atoms with Crippen molar-refractivity contribution >= 4 is 0 Å². The van der Waals surface area contributed by atoms with E-state index in [1.54, 1.807) is 13.3 Å². The van der Waals surface area contributed by atoms with Gasteiger partial charge in [-0.15, -0.1) is 0 Å². The molecule has 0 amide bonds. The Hall–Kier alpha value is -1.85. The highest BCUT2D eigenvalue weighted by Crippen LogP contribution is 2.38. The van der Waals surface area contributed by atoms with Gasteiger partial charge < -0.3 is 18.8 Å². The summed E-state index contributed by atoms with van der Waals surface area (Å²) in [5, 5.41) is 0. The SMILES string of the molecule is CCC1(CC)COC(CCc2ccc(OC)cc2)(Cn2ccnc2)OC1. The predicted octanol–water partition coefficient (Wildman–Crippen LogP) is 4.07. The van der Waals surface area contributed by atoms with Crippen molar-refractivity contribution in [3.8, 4) is 5.75 Å².